The fourth-order valence-corrected chi connectivity index (χ4v) is 3.12. The highest BCUT2D eigenvalue weighted by Crippen LogP contribution is 2.25. The molecule has 0 bridgehead atoms. The number of carbonyl (C=O) groups excluding carboxylic acids is 1. The van der Waals surface area contributed by atoms with Gasteiger partial charge in [-0.1, -0.05) is 6.42 Å². The topological polar surface area (TPSA) is 131 Å². The summed E-state index contributed by atoms with van der Waals surface area (Å²) in [6.45, 7) is 1.66. The van der Waals surface area contributed by atoms with Crippen LogP contribution in [0.15, 0.2) is 17.1 Å². The Morgan fingerprint density at radius 2 is 2.22 bits per heavy atom. The summed E-state index contributed by atoms with van der Waals surface area (Å²) in [5.74, 6) is -0.396. The van der Waals surface area contributed by atoms with Gasteiger partial charge in [0.25, 0.3) is 5.56 Å². The second-order valence-corrected chi connectivity index (χ2v) is 7.71. The average molecular weight is 343 g/mol. The Hall–Kier alpha value is -1.87. The number of ether oxygens (including phenoxy) is 1. The Labute approximate surface area is 134 Å². The van der Waals surface area contributed by atoms with Gasteiger partial charge >= 0.3 is 5.97 Å². The molecule has 1 aromatic rings. The van der Waals surface area contributed by atoms with Crippen LogP contribution in [0.2, 0.25) is 0 Å². The molecule has 0 amide bonds. The normalized spacial score (nSPS) is 16.6. The van der Waals surface area contributed by atoms with Crippen molar-refractivity contribution >= 4 is 21.7 Å². The Morgan fingerprint density at radius 3 is 2.83 bits per heavy atom. The highest BCUT2D eigenvalue weighted by atomic mass is 32.2. The molecule has 1 heterocycles. The molecule has 8 nitrogen and oxygen atoms in total. The van der Waals surface area contributed by atoms with Gasteiger partial charge in [-0.3, -0.25) is 9.59 Å². The zero-order valence-electron chi connectivity index (χ0n) is 12.9. The molecular formula is C14H21N3O5S. The van der Waals surface area contributed by atoms with Crippen LogP contribution in [0, 0.1) is 5.92 Å². The summed E-state index contributed by atoms with van der Waals surface area (Å²) < 4.78 is 31.4. The van der Waals surface area contributed by atoms with Gasteiger partial charge in [0.1, 0.15) is 5.69 Å². The Balaban J connectivity index is 1.90. The van der Waals surface area contributed by atoms with Crippen molar-refractivity contribution in [1.82, 2.24) is 9.71 Å². The first-order chi connectivity index (χ1) is 10.8. The van der Waals surface area contributed by atoms with E-state index >= 15 is 0 Å². The van der Waals surface area contributed by atoms with Crippen LogP contribution in [0.5, 0.6) is 0 Å². The SMILES string of the molecule is CC(OC(=O)Cc1cc[nH]c(=O)c1N)S(=O)(=O)NCC1CCC1. The van der Waals surface area contributed by atoms with Gasteiger partial charge < -0.3 is 15.5 Å². The smallest absolute Gasteiger partial charge is 0.311 e. The second kappa shape index (κ2) is 7.14. The minimum absolute atomic E-state index is 0.0805. The molecule has 0 spiro atoms. The number of hydrogen-bond donors (Lipinski definition) is 3. The molecule has 0 aromatic carbocycles. The van der Waals surface area contributed by atoms with Crippen LogP contribution in [0.25, 0.3) is 0 Å². The first kappa shape index (κ1) is 17.5. The van der Waals surface area contributed by atoms with Crippen molar-refractivity contribution in [2.45, 2.75) is 38.0 Å². The van der Waals surface area contributed by atoms with Gasteiger partial charge in [-0.25, -0.2) is 13.1 Å². The standard InChI is InChI=1S/C14H21N3O5S/c1-9(23(20,21)17-8-10-3-2-4-10)22-12(18)7-11-5-6-16-14(19)13(11)15/h5-6,9-10,17H,2-4,7-8,15H2,1H3,(H,16,19). The van der Waals surface area contributed by atoms with E-state index < -0.39 is 27.0 Å². The maximum absolute atomic E-state index is 12.0. The zero-order chi connectivity index (χ0) is 17.0. The molecular weight excluding hydrogens is 322 g/mol. The number of aromatic amines is 1. The molecule has 1 unspecified atom stereocenters. The van der Waals surface area contributed by atoms with Crippen molar-refractivity contribution in [3.8, 4) is 0 Å². The maximum Gasteiger partial charge on any atom is 0.311 e. The molecule has 128 valence electrons. The first-order valence-corrected chi connectivity index (χ1v) is 8.98. The number of anilines is 1. The van der Waals surface area contributed by atoms with Gasteiger partial charge in [0.05, 0.1) is 6.42 Å². The quantitative estimate of drug-likeness (QED) is 0.602. The highest BCUT2D eigenvalue weighted by Gasteiger charge is 2.27. The number of hydrogen-bond acceptors (Lipinski definition) is 6. The summed E-state index contributed by atoms with van der Waals surface area (Å²) in [6, 6.07) is 1.48. The van der Waals surface area contributed by atoms with Gasteiger partial charge in [-0.2, -0.15) is 0 Å². The minimum Gasteiger partial charge on any atom is -0.444 e. The number of sulfonamides is 1. The van der Waals surface area contributed by atoms with Crippen LogP contribution in [-0.4, -0.2) is 31.4 Å². The van der Waals surface area contributed by atoms with Crippen molar-refractivity contribution in [3.05, 3.63) is 28.2 Å². The average Bonchev–Trinajstić information content (AvgIpc) is 2.42. The predicted molar refractivity (Wildman–Crippen MR) is 85.0 cm³/mol. The number of nitrogen functional groups attached to an aromatic ring is 1. The number of nitrogens with one attached hydrogen (secondary N) is 2. The van der Waals surface area contributed by atoms with Crippen molar-refractivity contribution in [1.29, 1.82) is 0 Å². The van der Waals surface area contributed by atoms with E-state index in [-0.39, 0.29) is 12.1 Å². The van der Waals surface area contributed by atoms with Gasteiger partial charge in [0.2, 0.25) is 15.5 Å². The van der Waals surface area contributed by atoms with Crippen molar-refractivity contribution in [2.75, 3.05) is 12.3 Å². The maximum atomic E-state index is 12.0. The molecule has 0 saturated heterocycles. The van der Waals surface area contributed by atoms with Gasteiger partial charge in [0.15, 0.2) is 0 Å². The summed E-state index contributed by atoms with van der Waals surface area (Å²) in [5, 5.41) is 0. The molecule has 1 saturated carbocycles. The summed E-state index contributed by atoms with van der Waals surface area (Å²) >= 11 is 0. The summed E-state index contributed by atoms with van der Waals surface area (Å²) in [7, 11) is -3.73. The van der Waals surface area contributed by atoms with Crippen LogP contribution in [-0.2, 0) is 26.0 Å². The predicted octanol–water partition coefficient (Wildman–Crippen LogP) is 0.108. The lowest BCUT2D eigenvalue weighted by molar-refractivity contribution is -0.144. The largest absolute Gasteiger partial charge is 0.444 e. The van der Waals surface area contributed by atoms with E-state index in [0.29, 0.717) is 18.0 Å². The van der Waals surface area contributed by atoms with Gasteiger partial charge in [-0.05, 0) is 37.3 Å². The third kappa shape index (κ3) is 4.55. The Kier molecular flexibility index (Phi) is 5.42. The molecule has 1 aliphatic rings. The molecule has 23 heavy (non-hydrogen) atoms. The van der Waals surface area contributed by atoms with E-state index in [1.54, 1.807) is 0 Å². The summed E-state index contributed by atoms with van der Waals surface area (Å²) in [4.78, 5) is 25.6. The zero-order valence-corrected chi connectivity index (χ0v) is 13.7. The minimum atomic E-state index is -3.73. The van der Waals surface area contributed by atoms with Crippen LogP contribution >= 0.6 is 0 Å². The monoisotopic (exact) mass is 343 g/mol. The molecule has 4 N–H and O–H groups in total. The highest BCUT2D eigenvalue weighted by molar-refractivity contribution is 7.89. The molecule has 1 fully saturated rings. The molecule has 0 aliphatic heterocycles. The van der Waals surface area contributed by atoms with Crippen molar-refractivity contribution < 1.29 is 17.9 Å². The number of nitrogens with two attached hydrogens (primary N) is 1. The van der Waals surface area contributed by atoms with E-state index in [9.17, 15) is 18.0 Å². The molecule has 1 aromatic heterocycles. The van der Waals surface area contributed by atoms with Gasteiger partial charge in [0, 0.05) is 12.7 Å². The third-order valence-electron chi connectivity index (χ3n) is 3.96. The van der Waals surface area contributed by atoms with Crippen LogP contribution in [0.4, 0.5) is 5.69 Å². The van der Waals surface area contributed by atoms with E-state index in [0.717, 1.165) is 19.3 Å². The Morgan fingerprint density at radius 1 is 1.52 bits per heavy atom. The number of esters is 1. The van der Waals surface area contributed by atoms with Crippen LogP contribution < -0.4 is 16.0 Å². The van der Waals surface area contributed by atoms with E-state index in [2.05, 4.69) is 9.71 Å². The number of carbonyl (C=O) groups is 1. The van der Waals surface area contributed by atoms with E-state index in [1.807, 2.05) is 0 Å². The fraction of sp³-hybridized carbons (Fsp3) is 0.571. The summed E-state index contributed by atoms with van der Waals surface area (Å²) in [6.07, 6.45) is 4.24. The summed E-state index contributed by atoms with van der Waals surface area (Å²) in [5.41, 5.74) is 3.98. The van der Waals surface area contributed by atoms with Crippen LogP contribution in [0.1, 0.15) is 31.7 Å². The first-order valence-electron chi connectivity index (χ1n) is 7.43. The van der Waals surface area contributed by atoms with Crippen molar-refractivity contribution in [3.63, 3.8) is 0 Å². The molecule has 1 aliphatic carbocycles. The van der Waals surface area contributed by atoms with E-state index in [1.165, 1.54) is 19.2 Å². The number of pyridine rings is 1. The van der Waals surface area contributed by atoms with Gasteiger partial charge in [-0.15, -0.1) is 0 Å². The molecule has 9 heteroatoms. The number of aromatic nitrogens is 1. The Bertz CT molecular complexity index is 724. The van der Waals surface area contributed by atoms with E-state index in [4.69, 9.17) is 10.5 Å². The fourth-order valence-electron chi connectivity index (χ4n) is 2.18. The second-order valence-electron chi connectivity index (χ2n) is 5.67. The number of H-pyrrole nitrogens is 1. The molecule has 2 rings (SSSR count). The molecule has 1 atom stereocenters. The number of rotatable bonds is 7. The molecule has 0 radical (unpaired) electrons. The van der Waals surface area contributed by atoms with Crippen LogP contribution in [0.3, 0.4) is 0 Å². The lowest BCUT2D eigenvalue weighted by Crippen LogP contribution is -2.39. The third-order valence-corrected chi connectivity index (χ3v) is 5.50. The lowest BCUT2D eigenvalue weighted by atomic mass is 9.86. The lowest BCUT2D eigenvalue weighted by Gasteiger charge is -2.26. The van der Waals surface area contributed by atoms with Crippen molar-refractivity contribution in [2.24, 2.45) is 5.92 Å².